The second-order valence-electron chi connectivity index (χ2n) is 7.74. The van der Waals surface area contributed by atoms with Gasteiger partial charge in [0, 0.05) is 37.9 Å². The highest BCUT2D eigenvalue weighted by Crippen LogP contribution is 2.26. The predicted molar refractivity (Wildman–Crippen MR) is 93.9 cm³/mol. The second-order valence-corrected chi connectivity index (χ2v) is 9.83. The third-order valence-electron chi connectivity index (χ3n) is 4.54. The van der Waals surface area contributed by atoms with E-state index in [2.05, 4.69) is 37.2 Å². The van der Waals surface area contributed by atoms with E-state index in [1.54, 1.807) is 4.31 Å². The number of nitrogens with zero attached hydrogens (tertiary/aromatic N) is 3. The summed E-state index contributed by atoms with van der Waals surface area (Å²) < 4.78 is 29.1. The zero-order chi connectivity index (χ0) is 17.1. The van der Waals surface area contributed by atoms with Crippen molar-refractivity contribution in [2.24, 2.45) is 5.41 Å². The first-order chi connectivity index (χ1) is 10.7. The van der Waals surface area contributed by atoms with Crippen molar-refractivity contribution in [2.75, 3.05) is 18.8 Å². The molecule has 0 amide bonds. The number of hydrogen-bond donors (Lipinski definition) is 0. The molecule has 1 aromatic rings. The van der Waals surface area contributed by atoms with Crippen molar-refractivity contribution in [3.8, 4) is 0 Å². The first kappa shape index (κ1) is 18.5. The van der Waals surface area contributed by atoms with Crippen molar-refractivity contribution in [1.29, 1.82) is 0 Å². The Balaban J connectivity index is 2.00. The summed E-state index contributed by atoms with van der Waals surface area (Å²) in [6.45, 7) is 9.79. The maximum Gasteiger partial charge on any atom is 0.214 e. The van der Waals surface area contributed by atoms with Crippen LogP contribution < -0.4 is 0 Å². The van der Waals surface area contributed by atoms with Gasteiger partial charge in [-0.2, -0.15) is 4.31 Å². The Labute approximate surface area is 141 Å². The number of aryl methyl sites for hydroxylation is 1. The van der Waals surface area contributed by atoms with E-state index in [4.69, 9.17) is 0 Å². The third kappa shape index (κ3) is 5.05. The number of aromatic nitrogens is 2. The van der Waals surface area contributed by atoms with Crippen molar-refractivity contribution >= 4 is 10.0 Å². The molecule has 2 heterocycles. The van der Waals surface area contributed by atoms with E-state index in [0.29, 0.717) is 13.1 Å². The largest absolute Gasteiger partial charge is 0.331 e. The van der Waals surface area contributed by atoms with Gasteiger partial charge >= 0.3 is 0 Å². The van der Waals surface area contributed by atoms with Crippen LogP contribution in [0.2, 0.25) is 0 Å². The zero-order valence-electron chi connectivity index (χ0n) is 15.0. The molecule has 1 aliphatic rings. The molecule has 0 spiro atoms. The Hall–Kier alpha value is -0.880. The summed E-state index contributed by atoms with van der Waals surface area (Å²) in [7, 11) is -3.15. The van der Waals surface area contributed by atoms with E-state index < -0.39 is 10.0 Å². The van der Waals surface area contributed by atoms with Crippen LogP contribution in [0.3, 0.4) is 0 Å². The molecule has 0 radical (unpaired) electrons. The van der Waals surface area contributed by atoms with Crippen LogP contribution in [0.1, 0.15) is 65.2 Å². The third-order valence-corrected chi connectivity index (χ3v) is 6.46. The molecule has 0 aromatic carbocycles. The van der Waals surface area contributed by atoms with Gasteiger partial charge in [-0.25, -0.2) is 13.4 Å². The normalized spacial score (nSPS) is 20.8. The fraction of sp³-hybridized carbons (Fsp3) is 0.824. The summed E-state index contributed by atoms with van der Waals surface area (Å²) in [5, 5.41) is 0. The molecule has 23 heavy (non-hydrogen) atoms. The summed E-state index contributed by atoms with van der Waals surface area (Å²) in [4.78, 5) is 4.37. The Bertz CT molecular complexity index is 602. The Morgan fingerprint density at radius 1 is 1.35 bits per heavy atom. The van der Waals surface area contributed by atoms with Crippen molar-refractivity contribution in [2.45, 2.75) is 65.8 Å². The molecule has 1 unspecified atom stereocenters. The molecule has 5 nitrogen and oxygen atoms in total. The highest BCUT2D eigenvalue weighted by molar-refractivity contribution is 7.89. The van der Waals surface area contributed by atoms with Gasteiger partial charge in [-0.3, -0.25) is 0 Å². The van der Waals surface area contributed by atoms with E-state index in [1.807, 2.05) is 12.4 Å². The second kappa shape index (κ2) is 7.34. The fourth-order valence-electron chi connectivity index (χ4n) is 3.26. The van der Waals surface area contributed by atoms with Crippen LogP contribution in [0.5, 0.6) is 0 Å². The van der Waals surface area contributed by atoms with Crippen LogP contribution in [0.15, 0.2) is 12.4 Å². The van der Waals surface area contributed by atoms with Gasteiger partial charge in [-0.15, -0.1) is 0 Å². The van der Waals surface area contributed by atoms with Crippen LogP contribution in [-0.4, -0.2) is 41.1 Å². The molecule has 132 valence electrons. The molecule has 6 heteroatoms. The van der Waals surface area contributed by atoms with Crippen LogP contribution in [0, 0.1) is 5.41 Å². The summed E-state index contributed by atoms with van der Waals surface area (Å²) in [6, 6.07) is 0.221. The Morgan fingerprint density at radius 2 is 2.09 bits per heavy atom. The molecule has 1 fully saturated rings. The van der Waals surface area contributed by atoms with Gasteiger partial charge in [0.2, 0.25) is 10.0 Å². The zero-order valence-corrected chi connectivity index (χ0v) is 15.8. The van der Waals surface area contributed by atoms with E-state index in [1.165, 1.54) is 0 Å². The van der Waals surface area contributed by atoms with E-state index in [-0.39, 0.29) is 17.2 Å². The van der Waals surface area contributed by atoms with E-state index >= 15 is 0 Å². The van der Waals surface area contributed by atoms with Crippen LogP contribution in [-0.2, 0) is 16.4 Å². The Kier molecular flexibility index (Phi) is 5.89. The molecule has 1 aromatic heterocycles. The number of hydrogen-bond acceptors (Lipinski definition) is 3. The minimum absolute atomic E-state index is 0.187. The van der Waals surface area contributed by atoms with Gasteiger partial charge in [-0.1, -0.05) is 27.7 Å². The van der Waals surface area contributed by atoms with Gasteiger partial charge in [-0.05, 0) is 31.1 Å². The monoisotopic (exact) mass is 341 g/mol. The highest BCUT2D eigenvalue weighted by atomic mass is 32.2. The summed E-state index contributed by atoms with van der Waals surface area (Å²) in [5.41, 5.74) is 0.187. The van der Waals surface area contributed by atoms with Gasteiger partial charge in [0.1, 0.15) is 5.82 Å². The van der Waals surface area contributed by atoms with E-state index in [9.17, 15) is 8.42 Å². The maximum absolute atomic E-state index is 12.6. The first-order valence-electron chi connectivity index (χ1n) is 8.72. The molecule has 0 bridgehead atoms. The molecule has 0 saturated carbocycles. The molecule has 1 saturated heterocycles. The predicted octanol–water partition coefficient (Wildman–Crippen LogP) is 3.24. The van der Waals surface area contributed by atoms with Crippen molar-refractivity contribution in [3.05, 3.63) is 18.2 Å². The summed E-state index contributed by atoms with van der Waals surface area (Å²) >= 11 is 0. The fourth-order valence-corrected chi connectivity index (χ4v) is 4.84. The van der Waals surface area contributed by atoms with Gasteiger partial charge in [0.05, 0.1) is 5.75 Å². The summed E-state index contributed by atoms with van der Waals surface area (Å²) in [6.07, 6.45) is 8.29. The molecule has 1 aliphatic heterocycles. The lowest BCUT2D eigenvalue weighted by molar-refractivity contribution is 0.262. The number of imidazole rings is 1. The lowest BCUT2D eigenvalue weighted by Gasteiger charge is -2.33. The topological polar surface area (TPSA) is 55.2 Å². The van der Waals surface area contributed by atoms with Gasteiger partial charge < -0.3 is 4.57 Å². The molecular formula is C17H31N3O2S. The lowest BCUT2D eigenvalue weighted by Crippen LogP contribution is -2.42. The molecule has 1 atom stereocenters. The van der Waals surface area contributed by atoms with Crippen LogP contribution in [0.4, 0.5) is 0 Å². The van der Waals surface area contributed by atoms with Gasteiger partial charge in [0.15, 0.2) is 0 Å². The van der Waals surface area contributed by atoms with Crippen molar-refractivity contribution in [3.63, 3.8) is 0 Å². The van der Waals surface area contributed by atoms with Crippen molar-refractivity contribution < 1.29 is 8.42 Å². The first-order valence-corrected chi connectivity index (χ1v) is 10.3. The minimum Gasteiger partial charge on any atom is -0.331 e. The van der Waals surface area contributed by atoms with Crippen LogP contribution >= 0.6 is 0 Å². The van der Waals surface area contributed by atoms with E-state index in [0.717, 1.165) is 37.9 Å². The Morgan fingerprint density at radius 3 is 2.74 bits per heavy atom. The smallest absolute Gasteiger partial charge is 0.214 e. The SMILES string of the molecule is CCc1nccn1C1CCCN(S(=O)(=O)CCCC(C)(C)C)C1. The highest BCUT2D eigenvalue weighted by Gasteiger charge is 2.30. The van der Waals surface area contributed by atoms with Crippen molar-refractivity contribution in [1.82, 2.24) is 13.9 Å². The molecular weight excluding hydrogens is 310 g/mol. The number of sulfonamides is 1. The van der Waals surface area contributed by atoms with Crippen LogP contribution in [0.25, 0.3) is 0 Å². The van der Waals surface area contributed by atoms with Gasteiger partial charge in [0.25, 0.3) is 0 Å². The number of piperidine rings is 1. The lowest BCUT2D eigenvalue weighted by atomic mass is 9.91. The average molecular weight is 342 g/mol. The average Bonchev–Trinajstić information content (AvgIpc) is 2.94. The molecule has 0 N–H and O–H groups in total. The minimum atomic E-state index is -3.15. The molecule has 0 aliphatic carbocycles. The standard InChI is InChI=1S/C17H31N3O2S/c1-5-16-18-10-12-20(16)15-8-6-11-19(14-15)23(21,22)13-7-9-17(2,3)4/h10,12,15H,5-9,11,13-14H2,1-4H3. The summed E-state index contributed by atoms with van der Waals surface area (Å²) in [5.74, 6) is 1.31. The number of rotatable bonds is 6. The molecule has 2 rings (SSSR count). The maximum atomic E-state index is 12.6. The quantitative estimate of drug-likeness (QED) is 0.798.